The van der Waals surface area contributed by atoms with E-state index in [1.54, 1.807) is 18.2 Å². The van der Waals surface area contributed by atoms with Crippen molar-refractivity contribution >= 4 is 33.4 Å². The van der Waals surface area contributed by atoms with Crippen LogP contribution in [0.2, 0.25) is 5.02 Å². The summed E-state index contributed by atoms with van der Waals surface area (Å²) in [6, 6.07) is 8.15. The number of halogens is 4. The standard InChI is InChI=1S/C15H11BrClF2NO/c16-13-2-1-10(7-14(13)17)15(21)20-4-3-9-5-11(18)8-12(19)6-9/h1-2,5-8H,3-4H2,(H,20,21). The maximum absolute atomic E-state index is 13.0. The minimum Gasteiger partial charge on any atom is -0.352 e. The lowest BCUT2D eigenvalue weighted by atomic mass is 10.1. The van der Waals surface area contributed by atoms with Gasteiger partial charge in [-0.3, -0.25) is 4.79 Å². The van der Waals surface area contributed by atoms with E-state index in [1.807, 2.05) is 0 Å². The number of carbonyl (C=O) groups is 1. The van der Waals surface area contributed by atoms with Crippen molar-refractivity contribution in [1.29, 1.82) is 0 Å². The Kier molecular flexibility index (Phi) is 5.31. The average Bonchev–Trinajstić information content (AvgIpc) is 2.40. The second-order valence-corrected chi connectivity index (χ2v) is 5.67. The van der Waals surface area contributed by atoms with Gasteiger partial charge in [0.1, 0.15) is 11.6 Å². The average molecular weight is 375 g/mol. The quantitative estimate of drug-likeness (QED) is 0.847. The Balaban J connectivity index is 1.93. The number of rotatable bonds is 4. The zero-order chi connectivity index (χ0) is 15.4. The Labute approximate surface area is 134 Å². The van der Waals surface area contributed by atoms with Gasteiger partial charge in [0.05, 0.1) is 5.02 Å². The summed E-state index contributed by atoms with van der Waals surface area (Å²) in [6.45, 7) is 0.273. The third-order valence-corrected chi connectivity index (χ3v) is 4.04. The molecule has 1 amide bonds. The summed E-state index contributed by atoms with van der Waals surface area (Å²) in [7, 11) is 0. The van der Waals surface area contributed by atoms with Gasteiger partial charge in [0.25, 0.3) is 5.91 Å². The van der Waals surface area contributed by atoms with Crippen molar-refractivity contribution < 1.29 is 13.6 Å². The van der Waals surface area contributed by atoms with Crippen molar-refractivity contribution in [2.75, 3.05) is 6.54 Å². The number of hydrogen-bond acceptors (Lipinski definition) is 1. The predicted octanol–water partition coefficient (Wildman–Crippen LogP) is 4.35. The lowest BCUT2D eigenvalue weighted by molar-refractivity contribution is 0.0954. The highest BCUT2D eigenvalue weighted by molar-refractivity contribution is 9.10. The monoisotopic (exact) mass is 373 g/mol. The normalized spacial score (nSPS) is 10.5. The maximum Gasteiger partial charge on any atom is 0.251 e. The molecule has 0 aliphatic carbocycles. The van der Waals surface area contributed by atoms with Crippen molar-refractivity contribution in [3.8, 4) is 0 Å². The van der Waals surface area contributed by atoms with Gasteiger partial charge in [-0.1, -0.05) is 11.6 Å². The Morgan fingerprint density at radius 2 is 1.81 bits per heavy atom. The molecule has 0 bridgehead atoms. The highest BCUT2D eigenvalue weighted by atomic mass is 79.9. The molecule has 21 heavy (non-hydrogen) atoms. The van der Waals surface area contributed by atoms with Crippen LogP contribution in [0.15, 0.2) is 40.9 Å². The highest BCUT2D eigenvalue weighted by Crippen LogP contribution is 2.23. The van der Waals surface area contributed by atoms with Crippen LogP contribution in [0.25, 0.3) is 0 Å². The minimum atomic E-state index is -0.629. The maximum atomic E-state index is 13.0. The van der Waals surface area contributed by atoms with Crippen LogP contribution in [0, 0.1) is 11.6 Å². The second kappa shape index (κ2) is 7.00. The van der Waals surface area contributed by atoms with Crippen LogP contribution < -0.4 is 5.32 Å². The van der Waals surface area contributed by atoms with Crippen molar-refractivity contribution in [2.45, 2.75) is 6.42 Å². The molecule has 2 nitrogen and oxygen atoms in total. The summed E-state index contributed by atoms with van der Waals surface area (Å²) in [5, 5.41) is 3.11. The van der Waals surface area contributed by atoms with E-state index in [1.165, 1.54) is 12.1 Å². The molecule has 2 rings (SSSR count). The van der Waals surface area contributed by atoms with Crippen molar-refractivity contribution in [3.63, 3.8) is 0 Å². The molecular formula is C15H11BrClF2NO. The fraction of sp³-hybridized carbons (Fsp3) is 0.133. The highest BCUT2D eigenvalue weighted by Gasteiger charge is 2.08. The van der Waals surface area contributed by atoms with Crippen LogP contribution >= 0.6 is 27.5 Å². The van der Waals surface area contributed by atoms with E-state index >= 15 is 0 Å². The molecule has 0 fully saturated rings. The van der Waals surface area contributed by atoms with Gasteiger partial charge >= 0.3 is 0 Å². The van der Waals surface area contributed by atoms with Gasteiger partial charge in [-0.25, -0.2) is 8.78 Å². The number of carbonyl (C=O) groups excluding carboxylic acids is 1. The molecule has 0 saturated carbocycles. The predicted molar refractivity (Wildman–Crippen MR) is 81.5 cm³/mol. The van der Waals surface area contributed by atoms with Crippen LogP contribution in [0.4, 0.5) is 8.78 Å². The van der Waals surface area contributed by atoms with Gasteiger partial charge in [-0.2, -0.15) is 0 Å². The van der Waals surface area contributed by atoms with Crippen LogP contribution in [-0.2, 0) is 6.42 Å². The molecule has 110 valence electrons. The number of nitrogens with one attached hydrogen (secondary N) is 1. The first kappa shape index (κ1) is 15.9. The van der Waals surface area contributed by atoms with E-state index in [0.717, 1.165) is 6.07 Å². The summed E-state index contributed by atoms with van der Waals surface area (Å²) in [5.74, 6) is -1.55. The van der Waals surface area contributed by atoms with E-state index in [9.17, 15) is 13.6 Å². The van der Waals surface area contributed by atoms with Gasteiger partial charge in [0, 0.05) is 22.6 Å². The third-order valence-electron chi connectivity index (χ3n) is 2.80. The summed E-state index contributed by atoms with van der Waals surface area (Å²) in [4.78, 5) is 11.9. The molecular weight excluding hydrogens is 364 g/mol. The minimum absolute atomic E-state index is 0.273. The van der Waals surface area contributed by atoms with Crippen molar-refractivity contribution in [2.24, 2.45) is 0 Å². The molecule has 0 radical (unpaired) electrons. The molecule has 0 aliphatic rings. The first-order chi connectivity index (χ1) is 9.95. The Bertz CT molecular complexity index is 658. The molecule has 0 unspecified atom stereocenters. The zero-order valence-electron chi connectivity index (χ0n) is 10.8. The molecule has 0 spiro atoms. The molecule has 1 N–H and O–H groups in total. The fourth-order valence-electron chi connectivity index (χ4n) is 1.82. The SMILES string of the molecule is O=C(NCCc1cc(F)cc(F)c1)c1ccc(Br)c(Cl)c1. The topological polar surface area (TPSA) is 29.1 Å². The summed E-state index contributed by atoms with van der Waals surface area (Å²) in [6.07, 6.45) is 0.338. The molecule has 6 heteroatoms. The molecule has 2 aromatic carbocycles. The van der Waals surface area contributed by atoms with E-state index in [4.69, 9.17) is 11.6 Å². The lowest BCUT2D eigenvalue weighted by Gasteiger charge is -2.07. The largest absolute Gasteiger partial charge is 0.352 e. The van der Waals surface area contributed by atoms with Crippen LogP contribution in [-0.4, -0.2) is 12.5 Å². The summed E-state index contributed by atoms with van der Waals surface area (Å²) in [5.41, 5.74) is 0.912. The Morgan fingerprint density at radius 3 is 2.43 bits per heavy atom. The smallest absolute Gasteiger partial charge is 0.251 e. The third kappa shape index (κ3) is 4.51. The molecule has 2 aromatic rings. The molecule has 0 aromatic heterocycles. The van der Waals surface area contributed by atoms with Crippen molar-refractivity contribution in [1.82, 2.24) is 5.32 Å². The molecule has 0 saturated heterocycles. The van der Waals surface area contributed by atoms with Gasteiger partial charge < -0.3 is 5.32 Å². The van der Waals surface area contributed by atoms with Gasteiger partial charge in [-0.05, 0) is 58.2 Å². The summed E-state index contributed by atoms with van der Waals surface area (Å²) < 4.78 is 26.7. The first-order valence-electron chi connectivity index (χ1n) is 6.14. The van der Waals surface area contributed by atoms with Crippen LogP contribution in [0.3, 0.4) is 0 Å². The molecule has 0 aliphatic heterocycles. The van der Waals surface area contributed by atoms with E-state index in [0.29, 0.717) is 27.0 Å². The van der Waals surface area contributed by atoms with Crippen molar-refractivity contribution in [3.05, 3.63) is 68.7 Å². The lowest BCUT2D eigenvalue weighted by Crippen LogP contribution is -2.25. The Morgan fingerprint density at radius 1 is 1.14 bits per heavy atom. The number of hydrogen-bond donors (Lipinski definition) is 1. The molecule has 0 atom stereocenters. The van der Waals surface area contributed by atoms with Gasteiger partial charge in [0.2, 0.25) is 0 Å². The number of amides is 1. The van der Waals surface area contributed by atoms with Gasteiger partial charge in [-0.15, -0.1) is 0 Å². The first-order valence-corrected chi connectivity index (χ1v) is 7.31. The van der Waals surface area contributed by atoms with Crippen LogP contribution in [0.5, 0.6) is 0 Å². The molecule has 0 heterocycles. The second-order valence-electron chi connectivity index (χ2n) is 4.41. The van der Waals surface area contributed by atoms with E-state index < -0.39 is 11.6 Å². The van der Waals surface area contributed by atoms with E-state index in [2.05, 4.69) is 21.2 Å². The Hall–Kier alpha value is -1.46. The number of benzene rings is 2. The zero-order valence-corrected chi connectivity index (χ0v) is 13.1. The fourth-order valence-corrected chi connectivity index (χ4v) is 2.24. The van der Waals surface area contributed by atoms with Crippen LogP contribution in [0.1, 0.15) is 15.9 Å². The van der Waals surface area contributed by atoms with Gasteiger partial charge in [0.15, 0.2) is 0 Å². The summed E-state index contributed by atoms with van der Waals surface area (Å²) >= 11 is 9.15. The van der Waals surface area contributed by atoms with E-state index in [-0.39, 0.29) is 12.5 Å².